The zero-order valence-corrected chi connectivity index (χ0v) is 8.93. The highest BCUT2D eigenvalue weighted by Crippen LogP contribution is 2.38. The fourth-order valence-corrected chi connectivity index (χ4v) is 2.35. The van der Waals surface area contributed by atoms with E-state index in [0.29, 0.717) is 6.04 Å². The molecule has 0 radical (unpaired) electrons. The summed E-state index contributed by atoms with van der Waals surface area (Å²) in [5, 5.41) is 0. The van der Waals surface area contributed by atoms with Crippen molar-refractivity contribution in [2.45, 2.75) is 53.0 Å². The maximum Gasteiger partial charge on any atom is 0.0119 e. The van der Waals surface area contributed by atoms with Gasteiger partial charge in [0.1, 0.15) is 0 Å². The van der Waals surface area contributed by atoms with Gasteiger partial charge in [-0.15, -0.1) is 0 Å². The smallest absolute Gasteiger partial charge is 0.0119 e. The van der Waals surface area contributed by atoms with Gasteiger partial charge in [-0.2, -0.15) is 0 Å². The predicted octanol–water partition coefficient (Wildman–Crippen LogP) is 2.80. The second-order valence-corrected chi connectivity index (χ2v) is 5.46. The van der Waals surface area contributed by atoms with Crippen molar-refractivity contribution in [1.29, 1.82) is 0 Å². The molecular weight excluding hydrogens is 146 g/mol. The third-order valence-electron chi connectivity index (χ3n) is 3.39. The molecule has 1 aliphatic carbocycles. The first kappa shape index (κ1) is 10.0. The third-order valence-corrected chi connectivity index (χ3v) is 3.39. The van der Waals surface area contributed by atoms with Crippen LogP contribution >= 0.6 is 0 Å². The van der Waals surface area contributed by atoms with E-state index in [1.165, 1.54) is 19.3 Å². The van der Waals surface area contributed by atoms with E-state index < -0.39 is 0 Å². The summed E-state index contributed by atoms with van der Waals surface area (Å²) in [6.07, 6.45) is 4.11. The molecule has 12 heavy (non-hydrogen) atoms. The molecule has 0 aromatic carbocycles. The zero-order chi connectivity index (χ0) is 9.35. The first-order valence-electron chi connectivity index (χ1n) is 5.18. The molecule has 0 bridgehead atoms. The van der Waals surface area contributed by atoms with E-state index in [1.54, 1.807) is 0 Å². The molecule has 72 valence electrons. The Morgan fingerprint density at radius 3 is 2.17 bits per heavy atom. The van der Waals surface area contributed by atoms with Crippen LogP contribution in [-0.4, -0.2) is 6.04 Å². The fraction of sp³-hybridized carbons (Fsp3) is 1.00. The monoisotopic (exact) mass is 169 g/mol. The maximum absolute atomic E-state index is 6.25. The average Bonchev–Trinajstić information content (AvgIpc) is 2.31. The van der Waals surface area contributed by atoms with Gasteiger partial charge in [-0.25, -0.2) is 0 Å². The van der Waals surface area contributed by atoms with Crippen molar-refractivity contribution in [2.24, 2.45) is 23.0 Å². The lowest BCUT2D eigenvalue weighted by Gasteiger charge is -2.34. The number of rotatable bonds is 1. The summed E-state index contributed by atoms with van der Waals surface area (Å²) in [5.41, 5.74) is 6.53. The van der Waals surface area contributed by atoms with E-state index in [1.807, 2.05) is 0 Å². The summed E-state index contributed by atoms with van der Waals surface area (Å²) in [5.74, 6) is 1.62. The Hall–Kier alpha value is -0.0400. The predicted molar refractivity (Wildman–Crippen MR) is 53.9 cm³/mol. The topological polar surface area (TPSA) is 26.0 Å². The Kier molecular flexibility index (Phi) is 2.82. The van der Waals surface area contributed by atoms with Gasteiger partial charge in [-0.05, 0) is 23.7 Å². The summed E-state index contributed by atoms with van der Waals surface area (Å²) < 4.78 is 0. The minimum absolute atomic E-state index is 0.281. The summed E-state index contributed by atoms with van der Waals surface area (Å²) in [7, 11) is 0. The van der Waals surface area contributed by atoms with Gasteiger partial charge in [0.15, 0.2) is 0 Å². The van der Waals surface area contributed by atoms with E-state index in [2.05, 4.69) is 27.7 Å². The molecule has 1 nitrogen and oxygen atoms in total. The molecule has 0 heterocycles. The maximum atomic E-state index is 6.25. The van der Waals surface area contributed by atoms with Crippen molar-refractivity contribution >= 4 is 0 Å². The fourth-order valence-electron chi connectivity index (χ4n) is 2.35. The standard InChI is InChI=1S/C11H23N/c1-8-6-5-7-9(8)10(12)11(2,3)4/h8-10H,5-7,12H2,1-4H3. The third kappa shape index (κ3) is 2.01. The normalized spacial score (nSPS) is 33.8. The Balaban J connectivity index is 2.57. The molecule has 1 saturated carbocycles. The van der Waals surface area contributed by atoms with Crippen molar-refractivity contribution in [3.05, 3.63) is 0 Å². The van der Waals surface area contributed by atoms with Gasteiger partial charge in [0.05, 0.1) is 0 Å². The zero-order valence-electron chi connectivity index (χ0n) is 8.93. The molecule has 3 atom stereocenters. The van der Waals surface area contributed by atoms with Crippen molar-refractivity contribution in [3.8, 4) is 0 Å². The average molecular weight is 169 g/mol. The van der Waals surface area contributed by atoms with E-state index in [-0.39, 0.29) is 5.41 Å². The van der Waals surface area contributed by atoms with Gasteiger partial charge in [0.25, 0.3) is 0 Å². The van der Waals surface area contributed by atoms with E-state index in [0.717, 1.165) is 11.8 Å². The lowest BCUT2D eigenvalue weighted by atomic mass is 9.76. The Morgan fingerprint density at radius 2 is 1.83 bits per heavy atom. The van der Waals surface area contributed by atoms with Crippen LogP contribution in [0.15, 0.2) is 0 Å². The van der Waals surface area contributed by atoms with Gasteiger partial charge in [-0.3, -0.25) is 0 Å². The number of hydrogen-bond acceptors (Lipinski definition) is 1. The molecule has 0 aromatic heterocycles. The van der Waals surface area contributed by atoms with Crippen molar-refractivity contribution in [1.82, 2.24) is 0 Å². The lowest BCUT2D eigenvalue weighted by Crippen LogP contribution is -2.42. The van der Waals surface area contributed by atoms with Crippen molar-refractivity contribution in [3.63, 3.8) is 0 Å². The highest BCUT2D eigenvalue weighted by Gasteiger charge is 2.34. The highest BCUT2D eigenvalue weighted by atomic mass is 14.7. The molecule has 1 aliphatic rings. The summed E-state index contributed by atoms with van der Waals surface area (Å²) in [6.45, 7) is 9.11. The minimum Gasteiger partial charge on any atom is -0.327 e. The summed E-state index contributed by atoms with van der Waals surface area (Å²) in [6, 6.07) is 0.384. The largest absolute Gasteiger partial charge is 0.327 e. The Labute approximate surface area is 76.7 Å². The van der Waals surface area contributed by atoms with Crippen LogP contribution in [0.5, 0.6) is 0 Å². The van der Waals surface area contributed by atoms with Gasteiger partial charge in [0, 0.05) is 6.04 Å². The quantitative estimate of drug-likeness (QED) is 0.642. The van der Waals surface area contributed by atoms with Crippen LogP contribution in [0.3, 0.4) is 0 Å². The Bertz CT molecular complexity index is 146. The summed E-state index contributed by atoms with van der Waals surface area (Å²) >= 11 is 0. The molecule has 1 fully saturated rings. The first-order chi connectivity index (χ1) is 5.43. The summed E-state index contributed by atoms with van der Waals surface area (Å²) in [4.78, 5) is 0. The minimum atomic E-state index is 0.281. The SMILES string of the molecule is CC1CCCC1C(N)C(C)(C)C. The van der Waals surface area contributed by atoms with Crippen LogP contribution in [0.2, 0.25) is 0 Å². The molecule has 0 spiro atoms. The van der Waals surface area contributed by atoms with E-state index in [9.17, 15) is 0 Å². The van der Waals surface area contributed by atoms with E-state index in [4.69, 9.17) is 5.73 Å². The van der Waals surface area contributed by atoms with Crippen LogP contribution < -0.4 is 5.73 Å². The molecule has 3 unspecified atom stereocenters. The molecule has 0 aliphatic heterocycles. The highest BCUT2D eigenvalue weighted by molar-refractivity contribution is 4.89. The van der Waals surface area contributed by atoms with Crippen LogP contribution in [-0.2, 0) is 0 Å². The molecule has 0 amide bonds. The molecule has 0 saturated heterocycles. The molecule has 2 N–H and O–H groups in total. The van der Waals surface area contributed by atoms with E-state index >= 15 is 0 Å². The number of nitrogens with two attached hydrogens (primary N) is 1. The molecule has 1 rings (SSSR count). The lowest BCUT2D eigenvalue weighted by molar-refractivity contribution is 0.206. The van der Waals surface area contributed by atoms with Gasteiger partial charge in [-0.1, -0.05) is 40.5 Å². The first-order valence-corrected chi connectivity index (χ1v) is 5.18. The van der Waals surface area contributed by atoms with Crippen LogP contribution in [0.1, 0.15) is 47.0 Å². The second-order valence-electron chi connectivity index (χ2n) is 5.46. The molecule has 1 heteroatoms. The molecular formula is C11H23N. The number of hydrogen-bond donors (Lipinski definition) is 1. The van der Waals surface area contributed by atoms with Crippen LogP contribution in [0, 0.1) is 17.3 Å². The second kappa shape index (κ2) is 3.37. The Morgan fingerprint density at radius 1 is 1.25 bits per heavy atom. The molecule has 0 aromatic rings. The van der Waals surface area contributed by atoms with Crippen molar-refractivity contribution in [2.75, 3.05) is 0 Å². The van der Waals surface area contributed by atoms with Gasteiger partial charge < -0.3 is 5.73 Å². The van der Waals surface area contributed by atoms with Gasteiger partial charge in [0.2, 0.25) is 0 Å². The van der Waals surface area contributed by atoms with Crippen LogP contribution in [0.4, 0.5) is 0 Å². The van der Waals surface area contributed by atoms with Crippen molar-refractivity contribution < 1.29 is 0 Å². The van der Waals surface area contributed by atoms with Gasteiger partial charge >= 0.3 is 0 Å². The van der Waals surface area contributed by atoms with Crippen LogP contribution in [0.25, 0.3) is 0 Å².